The molecule has 3 aliphatic heterocycles. The molecule has 1 unspecified atom stereocenters. The van der Waals surface area contributed by atoms with Gasteiger partial charge in [-0.25, -0.2) is 0 Å². The number of hydrogen-bond acceptors (Lipinski definition) is 9. The lowest BCUT2D eigenvalue weighted by atomic mass is 9.60. The van der Waals surface area contributed by atoms with Crippen molar-refractivity contribution >= 4 is 23.7 Å². The molecule has 0 aromatic heterocycles. The average Bonchev–Trinajstić information content (AvgIpc) is 3.52. The number of ketones is 1. The van der Waals surface area contributed by atoms with Crippen LogP contribution in [-0.4, -0.2) is 66.8 Å². The molecule has 5 rings (SSSR count). The van der Waals surface area contributed by atoms with Gasteiger partial charge < -0.3 is 28.8 Å². The Hall–Kier alpha value is -2.82. The van der Waals surface area contributed by atoms with Gasteiger partial charge in [-0.05, 0) is 64.2 Å². The van der Waals surface area contributed by atoms with Crippen LogP contribution in [0.1, 0.15) is 71.6 Å². The van der Waals surface area contributed by atoms with Crippen molar-refractivity contribution < 1.29 is 48.0 Å². The van der Waals surface area contributed by atoms with Gasteiger partial charge in [0.25, 0.3) is 0 Å². The smallest absolute Gasteiger partial charge is 0.330 e. The van der Waals surface area contributed by atoms with Crippen LogP contribution in [0.2, 0.25) is 0 Å². The van der Waals surface area contributed by atoms with Gasteiger partial charge >= 0.3 is 17.9 Å². The third-order valence-electron chi connectivity index (χ3n) is 9.82. The van der Waals surface area contributed by atoms with Crippen molar-refractivity contribution in [2.75, 3.05) is 20.3 Å². The molecule has 0 aromatic carbocycles. The minimum absolute atomic E-state index is 0.124. The second kappa shape index (κ2) is 12.1. The summed E-state index contributed by atoms with van der Waals surface area (Å²) in [4.78, 5) is 53.9. The fraction of sp³-hybridized carbons (Fsp3) is 0.688. The van der Waals surface area contributed by atoms with Crippen LogP contribution in [0.3, 0.4) is 0 Å². The molecule has 10 heteroatoms. The Bertz CT molecular complexity index is 1180. The van der Waals surface area contributed by atoms with Gasteiger partial charge in [0.15, 0.2) is 17.0 Å². The fourth-order valence-electron chi connectivity index (χ4n) is 7.83. The van der Waals surface area contributed by atoms with Gasteiger partial charge in [0.05, 0.1) is 26.2 Å². The zero-order valence-electron chi connectivity index (χ0n) is 24.7. The molecule has 0 amide bonds. The molecule has 0 radical (unpaired) electrons. The lowest BCUT2D eigenvalue weighted by Crippen LogP contribution is -2.64. The minimum atomic E-state index is -2.24. The summed E-state index contributed by atoms with van der Waals surface area (Å²) in [7, 11) is 1.15. The van der Waals surface area contributed by atoms with Crippen LogP contribution < -0.4 is 0 Å². The maximum absolute atomic E-state index is 14.3. The Morgan fingerprint density at radius 3 is 2.45 bits per heavy atom. The number of hydrogen-bond donors (Lipinski definition) is 1. The first-order chi connectivity index (χ1) is 20.2. The van der Waals surface area contributed by atoms with Crippen molar-refractivity contribution in [2.45, 2.75) is 89.3 Å². The van der Waals surface area contributed by atoms with E-state index in [0.29, 0.717) is 38.9 Å². The topological polar surface area (TPSA) is 135 Å². The predicted molar refractivity (Wildman–Crippen MR) is 149 cm³/mol. The molecule has 5 aliphatic rings. The fourth-order valence-corrected chi connectivity index (χ4v) is 7.83. The number of carboxylic acid groups (broad SMARTS) is 1. The van der Waals surface area contributed by atoms with Crippen molar-refractivity contribution in [3.63, 3.8) is 0 Å². The number of aliphatic carboxylic acids is 1. The van der Waals surface area contributed by atoms with E-state index in [4.69, 9.17) is 23.7 Å². The average molecular weight is 587 g/mol. The number of allylic oxidation sites excluding steroid dienone is 5. The molecule has 2 aliphatic carbocycles. The second-order valence-electron chi connectivity index (χ2n) is 12.0. The highest BCUT2D eigenvalue weighted by molar-refractivity contribution is 6.11. The highest BCUT2D eigenvalue weighted by Crippen LogP contribution is 2.65. The van der Waals surface area contributed by atoms with E-state index < -0.39 is 65.0 Å². The Morgan fingerprint density at radius 1 is 1.07 bits per heavy atom. The second-order valence-corrected chi connectivity index (χ2v) is 12.0. The van der Waals surface area contributed by atoms with Gasteiger partial charge in [0, 0.05) is 12.0 Å². The van der Waals surface area contributed by atoms with E-state index in [9.17, 15) is 24.3 Å². The Balaban J connectivity index is 1.60. The monoisotopic (exact) mass is 586 g/mol. The molecule has 4 fully saturated rings. The Kier molecular flexibility index (Phi) is 8.79. The summed E-state index contributed by atoms with van der Waals surface area (Å²) < 4.78 is 30.0. The van der Waals surface area contributed by atoms with Gasteiger partial charge in [0.2, 0.25) is 5.79 Å². The van der Waals surface area contributed by atoms with E-state index in [-0.39, 0.29) is 17.4 Å². The summed E-state index contributed by atoms with van der Waals surface area (Å²) in [6.07, 6.45) is 14.6. The van der Waals surface area contributed by atoms with E-state index in [1.807, 2.05) is 38.2 Å². The van der Waals surface area contributed by atoms with Gasteiger partial charge in [-0.1, -0.05) is 43.2 Å². The number of methoxy groups -OCH3 is 1. The van der Waals surface area contributed by atoms with E-state index in [2.05, 4.69) is 6.08 Å². The van der Waals surface area contributed by atoms with E-state index in [1.165, 1.54) is 0 Å². The molecule has 230 valence electrons. The molecule has 1 N–H and O–H groups in total. The lowest BCUT2D eigenvalue weighted by molar-refractivity contribution is -0.337. The number of ether oxygens (including phenoxy) is 5. The highest BCUT2D eigenvalue weighted by Gasteiger charge is 2.78. The van der Waals surface area contributed by atoms with Crippen LogP contribution in [0, 0.1) is 29.1 Å². The zero-order chi connectivity index (χ0) is 30.1. The van der Waals surface area contributed by atoms with Crippen LogP contribution >= 0.6 is 0 Å². The Morgan fingerprint density at radius 2 is 1.79 bits per heavy atom. The molecular formula is C32H42O10. The zero-order valence-corrected chi connectivity index (χ0v) is 24.7. The third-order valence-corrected chi connectivity index (χ3v) is 9.82. The van der Waals surface area contributed by atoms with Crippen LogP contribution in [-0.2, 0) is 42.9 Å². The van der Waals surface area contributed by atoms with Gasteiger partial charge in [-0.2, -0.15) is 0 Å². The van der Waals surface area contributed by atoms with E-state index in [1.54, 1.807) is 0 Å². The maximum atomic E-state index is 14.3. The van der Waals surface area contributed by atoms with Crippen LogP contribution in [0.5, 0.6) is 0 Å². The summed E-state index contributed by atoms with van der Waals surface area (Å²) in [5.41, 5.74) is -2.12. The van der Waals surface area contributed by atoms with Crippen molar-refractivity contribution in [3.8, 4) is 0 Å². The highest BCUT2D eigenvalue weighted by atomic mass is 16.8. The molecule has 7 atom stereocenters. The quantitative estimate of drug-likeness (QED) is 0.153. The van der Waals surface area contributed by atoms with Gasteiger partial charge in [0.1, 0.15) is 12.0 Å². The van der Waals surface area contributed by atoms with Crippen LogP contribution in [0.25, 0.3) is 0 Å². The molecule has 3 heterocycles. The standard InChI is InChI=1S/C32H42O10/c1-4-6-8-9-10-11-13-20-17-23-30(28(35)36)19-22(27(34)38-3)26(33)25-21(20)18-24(41-32(23,25)42-29(30)37)31(14-12-7-5-2)39-15-16-40-31/h4-7,17,20-22,24-25H,8-16,18-19H2,1-3H3,(H,35,36)/b6-4+,7-5+/t20-,21+,22?,24-,25+,30-,32+/m1/s1. The predicted octanol–water partition coefficient (Wildman–Crippen LogP) is 4.28. The number of rotatable bonds is 12. The van der Waals surface area contributed by atoms with Crippen LogP contribution in [0.15, 0.2) is 36.0 Å². The molecule has 3 saturated heterocycles. The number of carboxylic acids is 1. The number of unbranched alkanes of at least 4 members (excludes halogenated alkanes) is 3. The SMILES string of the molecule is C/C=C/CCCCC[C@@H]1C=C2[C@@]3(C(=O)O)CC(C(=O)OC)C(=O)[C@@H]4[C@H]1C[C@H](C1(CC/C=C/C)OCCO1)O[C@]24OC3=O. The van der Waals surface area contributed by atoms with Crippen molar-refractivity contribution in [1.29, 1.82) is 0 Å². The molecule has 0 aromatic rings. The first kappa shape index (κ1) is 30.6. The summed E-state index contributed by atoms with van der Waals surface area (Å²) in [5.74, 6) is -10.0. The largest absolute Gasteiger partial charge is 0.480 e. The Labute approximate surface area is 246 Å². The number of carbonyl (C=O) groups excluding carboxylic acids is 3. The number of carbonyl (C=O) groups is 4. The molecular weight excluding hydrogens is 544 g/mol. The maximum Gasteiger partial charge on any atom is 0.330 e. The molecule has 10 nitrogen and oxygen atoms in total. The van der Waals surface area contributed by atoms with Crippen molar-refractivity contribution in [2.24, 2.45) is 29.1 Å². The van der Waals surface area contributed by atoms with E-state index >= 15 is 0 Å². The lowest BCUT2D eigenvalue weighted by Gasteiger charge is -2.54. The normalized spacial score (nSPS) is 36.6. The van der Waals surface area contributed by atoms with Gasteiger partial charge in [-0.3, -0.25) is 19.2 Å². The summed E-state index contributed by atoms with van der Waals surface area (Å²) >= 11 is 0. The van der Waals surface area contributed by atoms with E-state index in [0.717, 1.165) is 32.8 Å². The molecule has 42 heavy (non-hydrogen) atoms. The number of esters is 2. The molecule has 1 spiro atoms. The number of Topliss-reactive ketones (excluding diaryl/α,β-unsaturated/α-hetero) is 1. The first-order valence-corrected chi connectivity index (χ1v) is 15.2. The van der Waals surface area contributed by atoms with Crippen molar-refractivity contribution in [1.82, 2.24) is 0 Å². The molecule has 5 bridgehead atoms. The molecule has 1 saturated carbocycles. The van der Waals surface area contributed by atoms with Gasteiger partial charge in [-0.15, -0.1) is 0 Å². The summed E-state index contributed by atoms with van der Waals surface area (Å²) in [5, 5.41) is 10.6. The third kappa shape index (κ3) is 4.75. The summed E-state index contributed by atoms with van der Waals surface area (Å²) in [6.45, 7) is 4.64. The van der Waals surface area contributed by atoms with Crippen LogP contribution in [0.4, 0.5) is 0 Å². The first-order valence-electron chi connectivity index (χ1n) is 15.2. The van der Waals surface area contributed by atoms with Crippen molar-refractivity contribution in [3.05, 3.63) is 36.0 Å². The minimum Gasteiger partial charge on any atom is -0.480 e. The summed E-state index contributed by atoms with van der Waals surface area (Å²) in [6, 6.07) is 0.